The van der Waals surface area contributed by atoms with Gasteiger partial charge in [0.2, 0.25) is 5.91 Å². The Morgan fingerprint density at radius 2 is 1.53 bits per heavy atom. The number of aromatic nitrogens is 1. The smallest absolute Gasteiger partial charge is 0.267 e. The van der Waals surface area contributed by atoms with Gasteiger partial charge in [0, 0.05) is 5.39 Å². The summed E-state index contributed by atoms with van der Waals surface area (Å²) in [6.45, 7) is 0. The van der Waals surface area contributed by atoms with E-state index in [1.165, 1.54) is 0 Å². The Bertz CT molecular complexity index is 1240. The van der Waals surface area contributed by atoms with E-state index in [2.05, 4.69) is 10.3 Å². The van der Waals surface area contributed by atoms with Gasteiger partial charge in [0.15, 0.2) is 0 Å². The summed E-state index contributed by atoms with van der Waals surface area (Å²) in [7, 11) is 0. The first-order valence-electron chi connectivity index (χ1n) is 9.44. The van der Waals surface area contributed by atoms with Gasteiger partial charge >= 0.3 is 0 Å². The van der Waals surface area contributed by atoms with E-state index in [0.717, 1.165) is 10.9 Å². The van der Waals surface area contributed by atoms with Crippen molar-refractivity contribution in [3.05, 3.63) is 102 Å². The molecular formula is C24H20N4O2. The third kappa shape index (κ3) is 3.71. The van der Waals surface area contributed by atoms with Crippen molar-refractivity contribution in [1.82, 2.24) is 4.98 Å². The number of carbonyl (C=O) groups is 2. The molecule has 0 spiro atoms. The lowest BCUT2D eigenvalue weighted by Crippen LogP contribution is -2.24. The molecule has 0 aliphatic rings. The average Bonchev–Trinajstić information content (AvgIpc) is 2.76. The van der Waals surface area contributed by atoms with Crippen LogP contribution in [-0.4, -0.2) is 16.8 Å². The van der Waals surface area contributed by atoms with E-state index >= 15 is 0 Å². The quantitative estimate of drug-likeness (QED) is 0.447. The average molecular weight is 396 g/mol. The fourth-order valence-corrected chi connectivity index (χ4v) is 3.50. The van der Waals surface area contributed by atoms with Gasteiger partial charge in [-0.3, -0.25) is 9.59 Å². The van der Waals surface area contributed by atoms with Crippen molar-refractivity contribution < 1.29 is 9.59 Å². The Labute approximate surface area is 173 Å². The minimum atomic E-state index is -0.697. The second-order valence-electron chi connectivity index (χ2n) is 6.90. The molecule has 0 aliphatic heterocycles. The minimum Gasteiger partial charge on any atom is -0.397 e. The van der Waals surface area contributed by atoms with E-state index in [1.54, 1.807) is 36.4 Å². The first-order valence-corrected chi connectivity index (χ1v) is 9.44. The molecule has 1 heterocycles. The largest absolute Gasteiger partial charge is 0.397 e. The second-order valence-corrected chi connectivity index (χ2v) is 6.90. The molecule has 0 saturated heterocycles. The summed E-state index contributed by atoms with van der Waals surface area (Å²) in [5.41, 5.74) is 14.6. The fraction of sp³-hybridized carbons (Fsp3) is 0.0417. The number of hydrogen-bond acceptors (Lipinski definition) is 4. The summed E-state index contributed by atoms with van der Waals surface area (Å²) in [5, 5.41) is 3.69. The number of amides is 2. The number of carbonyl (C=O) groups excluding carboxylic acids is 2. The van der Waals surface area contributed by atoms with E-state index in [0.29, 0.717) is 22.5 Å². The number of benzene rings is 3. The van der Waals surface area contributed by atoms with E-state index in [1.807, 2.05) is 48.5 Å². The lowest BCUT2D eigenvalue weighted by atomic mass is 9.87. The predicted molar refractivity (Wildman–Crippen MR) is 118 cm³/mol. The molecule has 6 nitrogen and oxygen atoms in total. The van der Waals surface area contributed by atoms with Gasteiger partial charge in [-0.15, -0.1) is 0 Å². The first-order chi connectivity index (χ1) is 14.5. The van der Waals surface area contributed by atoms with E-state index in [4.69, 9.17) is 11.5 Å². The number of rotatable bonds is 5. The van der Waals surface area contributed by atoms with Crippen LogP contribution in [0, 0.1) is 0 Å². The third-order valence-electron chi connectivity index (χ3n) is 4.93. The van der Waals surface area contributed by atoms with Gasteiger partial charge in [-0.05, 0) is 35.4 Å². The highest BCUT2D eigenvalue weighted by atomic mass is 16.2. The van der Waals surface area contributed by atoms with Crippen LogP contribution in [0.3, 0.4) is 0 Å². The summed E-state index contributed by atoms with van der Waals surface area (Å²) in [4.78, 5) is 29.7. The van der Waals surface area contributed by atoms with Crippen LogP contribution in [0.25, 0.3) is 10.9 Å². The number of pyridine rings is 1. The van der Waals surface area contributed by atoms with Gasteiger partial charge in [0.05, 0.1) is 22.8 Å². The molecular weight excluding hydrogens is 376 g/mol. The lowest BCUT2D eigenvalue weighted by Gasteiger charge is -2.20. The van der Waals surface area contributed by atoms with Gasteiger partial charge in [0.1, 0.15) is 5.69 Å². The molecule has 5 N–H and O–H groups in total. The molecule has 3 aromatic carbocycles. The third-order valence-corrected chi connectivity index (χ3v) is 4.93. The van der Waals surface area contributed by atoms with E-state index in [-0.39, 0.29) is 11.6 Å². The zero-order valence-electron chi connectivity index (χ0n) is 16.1. The van der Waals surface area contributed by atoms with Gasteiger partial charge < -0.3 is 16.8 Å². The minimum absolute atomic E-state index is 0.108. The predicted octanol–water partition coefficient (Wildman–Crippen LogP) is 3.69. The van der Waals surface area contributed by atoms with Crippen molar-refractivity contribution in [3.63, 3.8) is 0 Å². The van der Waals surface area contributed by atoms with Gasteiger partial charge in [-0.25, -0.2) is 4.98 Å². The number of fused-ring (bicyclic) bond motifs is 1. The molecule has 1 unspecified atom stereocenters. The van der Waals surface area contributed by atoms with Crippen LogP contribution in [0.4, 0.5) is 11.4 Å². The summed E-state index contributed by atoms with van der Waals surface area (Å²) in [6, 6.07) is 25.4. The molecule has 6 heteroatoms. The van der Waals surface area contributed by atoms with E-state index < -0.39 is 11.8 Å². The van der Waals surface area contributed by atoms with Crippen LogP contribution in [0.1, 0.15) is 27.5 Å². The highest BCUT2D eigenvalue weighted by Gasteiger charge is 2.26. The number of anilines is 2. The van der Waals surface area contributed by atoms with Crippen molar-refractivity contribution in [2.24, 2.45) is 5.73 Å². The number of nitrogens with zero attached hydrogens (tertiary/aromatic N) is 1. The molecule has 148 valence electrons. The van der Waals surface area contributed by atoms with Crippen LogP contribution in [-0.2, 0) is 4.79 Å². The van der Waals surface area contributed by atoms with Crippen molar-refractivity contribution in [1.29, 1.82) is 0 Å². The van der Waals surface area contributed by atoms with Crippen LogP contribution < -0.4 is 16.8 Å². The SMILES string of the molecule is NC(=O)c1cc(C(C(=O)Nc2ccccc2N)c2ccccc2)c2ccccc2n1. The second kappa shape index (κ2) is 8.05. The molecule has 4 rings (SSSR count). The number of nitrogens with one attached hydrogen (secondary N) is 1. The summed E-state index contributed by atoms with van der Waals surface area (Å²) in [5.74, 6) is -1.62. The highest BCUT2D eigenvalue weighted by Crippen LogP contribution is 2.32. The molecule has 2 amide bonds. The molecule has 4 aromatic rings. The Hall–Kier alpha value is -4.19. The molecule has 0 aliphatic carbocycles. The number of nitrogen functional groups attached to an aromatic ring is 1. The van der Waals surface area contributed by atoms with Crippen LogP contribution in [0.2, 0.25) is 0 Å². The molecule has 30 heavy (non-hydrogen) atoms. The van der Waals surface area contributed by atoms with E-state index in [9.17, 15) is 9.59 Å². The van der Waals surface area contributed by atoms with Gasteiger partial charge in [-0.2, -0.15) is 0 Å². The maximum Gasteiger partial charge on any atom is 0.267 e. The van der Waals surface area contributed by atoms with Gasteiger partial charge in [-0.1, -0.05) is 60.7 Å². The van der Waals surface area contributed by atoms with Crippen molar-refractivity contribution in [3.8, 4) is 0 Å². The Morgan fingerprint density at radius 3 is 2.27 bits per heavy atom. The van der Waals surface area contributed by atoms with Gasteiger partial charge in [0.25, 0.3) is 5.91 Å². The number of nitrogens with two attached hydrogens (primary N) is 2. The summed E-state index contributed by atoms with van der Waals surface area (Å²) < 4.78 is 0. The normalized spacial score (nSPS) is 11.7. The summed E-state index contributed by atoms with van der Waals surface area (Å²) >= 11 is 0. The number of primary amides is 1. The maximum atomic E-state index is 13.5. The number of hydrogen-bond donors (Lipinski definition) is 3. The topological polar surface area (TPSA) is 111 Å². The molecule has 1 atom stereocenters. The van der Waals surface area contributed by atoms with Crippen LogP contribution >= 0.6 is 0 Å². The molecule has 0 radical (unpaired) electrons. The molecule has 1 aromatic heterocycles. The van der Waals surface area contributed by atoms with Crippen molar-refractivity contribution in [2.75, 3.05) is 11.1 Å². The van der Waals surface area contributed by atoms with Crippen LogP contribution in [0.5, 0.6) is 0 Å². The molecule has 0 bridgehead atoms. The Morgan fingerprint density at radius 1 is 0.867 bits per heavy atom. The first kappa shape index (κ1) is 19.1. The van der Waals surface area contributed by atoms with Crippen molar-refractivity contribution >= 4 is 34.1 Å². The number of para-hydroxylation sites is 3. The molecule has 0 fully saturated rings. The van der Waals surface area contributed by atoms with Crippen molar-refractivity contribution in [2.45, 2.75) is 5.92 Å². The summed E-state index contributed by atoms with van der Waals surface area (Å²) in [6.07, 6.45) is 0. The van der Waals surface area contributed by atoms with Crippen LogP contribution in [0.15, 0.2) is 84.9 Å². The highest BCUT2D eigenvalue weighted by molar-refractivity contribution is 6.04. The lowest BCUT2D eigenvalue weighted by molar-refractivity contribution is -0.116. The zero-order valence-corrected chi connectivity index (χ0v) is 16.1. The Balaban J connectivity index is 1.90. The standard InChI is InChI=1S/C24H20N4O2/c25-18-11-5-7-13-20(18)28-24(30)22(15-8-2-1-3-9-15)17-14-21(23(26)29)27-19-12-6-4-10-16(17)19/h1-14,22H,25H2,(H2,26,29)(H,28,30). The monoisotopic (exact) mass is 396 g/mol. The maximum absolute atomic E-state index is 13.5. The zero-order chi connectivity index (χ0) is 21.1. The fourth-order valence-electron chi connectivity index (χ4n) is 3.50. The Kier molecular flexibility index (Phi) is 5.13. The molecule has 0 saturated carbocycles.